The second kappa shape index (κ2) is 11.1. The Bertz CT molecular complexity index is 904. The van der Waals surface area contributed by atoms with E-state index in [1.807, 2.05) is 48.5 Å². The Labute approximate surface area is 190 Å². The molecule has 170 valence electrons. The van der Waals surface area contributed by atoms with Crippen LogP contribution in [-0.4, -0.2) is 44.2 Å². The molecule has 1 atom stereocenters. The van der Waals surface area contributed by atoms with Crippen LogP contribution >= 0.6 is 0 Å². The average molecular weight is 436 g/mol. The number of benzene rings is 2. The second-order valence-corrected chi connectivity index (χ2v) is 8.66. The molecule has 2 fully saturated rings. The number of ether oxygens (including phenoxy) is 1. The van der Waals surface area contributed by atoms with Crippen molar-refractivity contribution in [2.75, 3.05) is 36.5 Å². The number of nitrogens with zero attached hydrogens (tertiary/aromatic N) is 1. The molecule has 0 spiro atoms. The predicted molar refractivity (Wildman–Crippen MR) is 127 cm³/mol. The third kappa shape index (κ3) is 6.10. The van der Waals surface area contributed by atoms with Crippen LogP contribution < -0.4 is 15.5 Å². The molecule has 2 aromatic carbocycles. The number of piperidine rings is 1. The van der Waals surface area contributed by atoms with Crippen LogP contribution in [0, 0.1) is 0 Å². The summed E-state index contributed by atoms with van der Waals surface area (Å²) in [6, 6.07) is 15.7. The van der Waals surface area contributed by atoms with Crippen LogP contribution in [0.3, 0.4) is 0 Å². The number of aryl methyl sites for hydroxylation is 1. The zero-order chi connectivity index (χ0) is 22.2. The van der Waals surface area contributed by atoms with E-state index in [1.54, 1.807) is 0 Å². The molecule has 32 heavy (non-hydrogen) atoms. The van der Waals surface area contributed by atoms with Gasteiger partial charge in [0, 0.05) is 44.0 Å². The van der Waals surface area contributed by atoms with E-state index in [9.17, 15) is 9.59 Å². The van der Waals surface area contributed by atoms with Gasteiger partial charge in [-0.05, 0) is 62.3 Å². The molecular formula is C26H33N3O3. The number of carbonyl (C=O) groups is 2. The summed E-state index contributed by atoms with van der Waals surface area (Å²) in [5.74, 6) is -0.160. The highest BCUT2D eigenvalue weighted by Crippen LogP contribution is 2.27. The average Bonchev–Trinajstić information content (AvgIpc) is 3.36. The van der Waals surface area contributed by atoms with Gasteiger partial charge >= 0.3 is 0 Å². The van der Waals surface area contributed by atoms with E-state index in [0.717, 1.165) is 56.6 Å². The van der Waals surface area contributed by atoms with E-state index < -0.39 is 0 Å². The molecular weight excluding hydrogens is 402 g/mol. The van der Waals surface area contributed by atoms with Gasteiger partial charge in [0.05, 0.1) is 11.7 Å². The van der Waals surface area contributed by atoms with Crippen molar-refractivity contribution < 1.29 is 14.3 Å². The molecule has 0 saturated carbocycles. The summed E-state index contributed by atoms with van der Waals surface area (Å²) >= 11 is 0. The maximum absolute atomic E-state index is 13.1. The fourth-order valence-electron chi connectivity index (χ4n) is 4.44. The highest BCUT2D eigenvalue weighted by atomic mass is 16.5. The lowest BCUT2D eigenvalue weighted by molar-refractivity contribution is -0.116. The van der Waals surface area contributed by atoms with E-state index in [0.29, 0.717) is 30.6 Å². The summed E-state index contributed by atoms with van der Waals surface area (Å²) in [7, 11) is 0. The fraction of sp³-hybridized carbons (Fsp3) is 0.462. The molecule has 6 heteroatoms. The number of anilines is 2. The number of nitrogens with one attached hydrogen (secondary N) is 2. The predicted octanol–water partition coefficient (Wildman–Crippen LogP) is 4.16. The van der Waals surface area contributed by atoms with Crippen molar-refractivity contribution in [1.29, 1.82) is 0 Å². The minimum absolute atomic E-state index is 0.0507. The molecule has 2 heterocycles. The summed E-state index contributed by atoms with van der Waals surface area (Å²) in [4.78, 5) is 27.9. The van der Waals surface area contributed by atoms with Gasteiger partial charge in [-0.25, -0.2) is 0 Å². The minimum Gasteiger partial charge on any atom is -0.376 e. The Morgan fingerprint density at radius 2 is 1.81 bits per heavy atom. The van der Waals surface area contributed by atoms with Crippen molar-refractivity contribution in [3.8, 4) is 0 Å². The highest BCUT2D eigenvalue weighted by molar-refractivity contribution is 6.02. The molecule has 6 nitrogen and oxygen atoms in total. The van der Waals surface area contributed by atoms with Crippen LogP contribution in [0.1, 0.15) is 54.4 Å². The molecule has 2 N–H and O–H groups in total. The maximum Gasteiger partial charge on any atom is 0.253 e. The topological polar surface area (TPSA) is 70.7 Å². The van der Waals surface area contributed by atoms with Gasteiger partial charge in [0.25, 0.3) is 5.91 Å². The molecule has 2 aliphatic rings. The van der Waals surface area contributed by atoms with Gasteiger partial charge in [-0.2, -0.15) is 0 Å². The summed E-state index contributed by atoms with van der Waals surface area (Å²) in [5.41, 5.74) is 3.35. The van der Waals surface area contributed by atoms with Crippen molar-refractivity contribution in [3.63, 3.8) is 0 Å². The van der Waals surface area contributed by atoms with Gasteiger partial charge in [-0.3, -0.25) is 9.59 Å². The molecule has 2 aliphatic heterocycles. The quantitative estimate of drug-likeness (QED) is 0.653. The lowest BCUT2D eigenvalue weighted by Gasteiger charge is -2.30. The van der Waals surface area contributed by atoms with E-state index in [-0.39, 0.29) is 17.9 Å². The molecule has 4 rings (SSSR count). The van der Waals surface area contributed by atoms with Gasteiger partial charge in [0.2, 0.25) is 5.91 Å². The third-order valence-electron chi connectivity index (χ3n) is 6.22. The number of amides is 2. The summed E-state index contributed by atoms with van der Waals surface area (Å²) in [5, 5.41) is 6.02. The molecule has 2 amide bonds. The van der Waals surface area contributed by atoms with Crippen LogP contribution in [0.4, 0.5) is 11.4 Å². The largest absolute Gasteiger partial charge is 0.376 e. The van der Waals surface area contributed by atoms with Crippen LogP contribution in [-0.2, 0) is 16.0 Å². The van der Waals surface area contributed by atoms with Crippen LogP contribution in [0.5, 0.6) is 0 Å². The Balaban J connectivity index is 1.44. The van der Waals surface area contributed by atoms with Gasteiger partial charge in [0.15, 0.2) is 0 Å². The Morgan fingerprint density at radius 3 is 2.56 bits per heavy atom. The number of carbonyl (C=O) groups excluding carboxylic acids is 2. The van der Waals surface area contributed by atoms with Crippen molar-refractivity contribution in [2.24, 2.45) is 0 Å². The molecule has 0 bridgehead atoms. The molecule has 2 saturated heterocycles. The van der Waals surface area contributed by atoms with Gasteiger partial charge in [-0.1, -0.05) is 30.3 Å². The number of hydrogen-bond acceptors (Lipinski definition) is 4. The Morgan fingerprint density at radius 1 is 1.00 bits per heavy atom. The number of hydrogen-bond donors (Lipinski definition) is 2. The van der Waals surface area contributed by atoms with E-state index in [2.05, 4.69) is 15.5 Å². The fourth-order valence-corrected chi connectivity index (χ4v) is 4.44. The first-order valence-electron chi connectivity index (χ1n) is 11.8. The first kappa shape index (κ1) is 22.3. The Hall–Kier alpha value is -2.86. The van der Waals surface area contributed by atoms with E-state index >= 15 is 0 Å². The molecule has 1 unspecified atom stereocenters. The summed E-state index contributed by atoms with van der Waals surface area (Å²) < 4.78 is 5.64. The lowest BCUT2D eigenvalue weighted by Crippen LogP contribution is -2.35. The lowest BCUT2D eigenvalue weighted by atomic mass is 10.1. The van der Waals surface area contributed by atoms with E-state index in [1.165, 1.54) is 6.42 Å². The molecule has 2 aromatic rings. The number of rotatable bonds is 8. The second-order valence-electron chi connectivity index (χ2n) is 8.66. The maximum atomic E-state index is 13.1. The molecule has 0 aliphatic carbocycles. The summed E-state index contributed by atoms with van der Waals surface area (Å²) in [6.45, 7) is 3.19. The zero-order valence-corrected chi connectivity index (χ0v) is 18.6. The van der Waals surface area contributed by atoms with Gasteiger partial charge < -0.3 is 20.3 Å². The van der Waals surface area contributed by atoms with Crippen molar-refractivity contribution in [2.45, 2.75) is 51.0 Å². The smallest absolute Gasteiger partial charge is 0.253 e. The van der Waals surface area contributed by atoms with E-state index in [4.69, 9.17) is 4.74 Å². The van der Waals surface area contributed by atoms with Crippen molar-refractivity contribution in [3.05, 3.63) is 59.7 Å². The highest BCUT2D eigenvalue weighted by Gasteiger charge is 2.22. The van der Waals surface area contributed by atoms with Crippen LogP contribution in [0.15, 0.2) is 48.5 Å². The molecule has 0 radical (unpaired) electrons. The van der Waals surface area contributed by atoms with Crippen LogP contribution in [0.25, 0.3) is 0 Å². The van der Waals surface area contributed by atoms with Crippen LogP contribution in [0.2, 0.25) is 0 Å². The standard InChI is InChI=1S/C26H33N3O3/c30-25(14-11-20-8-3-1-4-9-20)28-21-12-13-24(29-15-5-2-6-16-29)23(18-21)26(31)27-19-22-10-7-17-32-22/h1,3-4,8-9,12-13,18,22H,2,5-7,10-11,14-17,19H2,(H,27,31)(H,28,30). The first-order valence-corrected chi connectivity index (χ1v) is 11.8. The minimum atomic E-state index is -0.110. The SMILES string of the molecule is O=C(CCc1ccccc1)Nc1ccc(N2CCCCC2)c(C(=O)NCC2CCCO2)c1. The normalized spacial score (nSPS) is 18.4. The summed E-state index contributed by atoms with van der Waals surface area (Å²) in [6.07, 6.45) is 6.71. The first-order chi connectivity index (χ1) is 15.7. The Kier molecular flexibility index (Phi) is 7.77. The zero-order valence-electron chi connectivity index (χ0n) is 18.6. The van der Waals surface area contributed by atoms with Crippen molar-refractivity contribution in [1.82, 2.24) is 5.32 Å². The monoisotopic (exact) mass is 435 g/mol. The molecule has 0 aromatic heterocycles. The third-order valence-corrected chi connectivity index (χ3v) is 6.22. The van der Waals surface area contributed by atoms with Gasteiger partial charge in [0.1, 0.15) is 0 Å². The van der Waals surface area contributed by atoms with Crippen molar-refractivity contribution >= 4 is 23.2 Å². The van der Waals surface area contributed by atoms with Gasteiger partial charge in [-0.15, -0.1) is 0 Å².